The molecule has 0 atom stereocenters. The summed E-state index contributed by atoms with van der Waals surface area (Å²) in [5.41, 5.74) is 4.56. The third kappa shape index (κ3) is 3.18. The van der Waals surface area contributed by atoms with Crippen molar-refractivity contribution in [3.8, 4) is 0 Å². The van der Waals surface area contributed by atoms with Crippen LogP contribution >= 0.6 is 0 Å². The van der Waals surface area contributed by atoms with E-state index in [-0.39, 0.29) is 4.90 Å². The van der Waals surface area contributed by atoms with E-state index in [4.69, 9.17) is 4.42 Å². The Kier molecular flexibility index (Phi) is 4.18. The number of hydrogen-bond acceptors (Lipinski definition) is 4. The van der Waals surface area contributed by atoms with Gasteiger partial charge in [-0.3, -0.25) is 10.2 Å². The lowest BCUT2D eigenvalue weighted by atomic mass is 10.1. The maximum Gasteiger partial charge on any atom is 0.266 e. The topological polar surface area (TPSA) is 88.4 Å². The highest BCUT2D eigenvalue weighted by molar-refractivity contribution is 7.89. The molecular weight excluding hydrogens is 364 g/mol. The number of carbonyl (C=O) groups is 1. The lowest BCUT2D eigenvalue weighted by molar-refractivity contribution is 0.0945. The van der Waals surface area contributed by atoms with Crippen LogP contribution in [0.1, 0.15) is 15.9 Å². The summed E-state index contributed by atoms with van der Waals surface area (Å²) in [6.45, 7) is 1.69. The number of fused-ring (bicyclic) bond motifs is 3. The molecular formula is C20H16N2O4S. The van der Waals surface area contributed by atoms with Gasteiger partial charge in [0.2, 0.25) is 0 Å². The van der Waals surface area contributed by atoms with E-state index in [0.717, 1.165) is 16.4 Å². The van der Waals surface area contributed by atoms with Crippen LogP contribution in [-0.4, -0.2) is 14.3 Å². The van der Waals surface area contributed by atoms with E-state index >= 15 is 0 Å². The molecule has 0 unspecified atom stereocenters. The Labute approximate surface area is 155 Å². The van der Waals surface area contributed by atoms with Gasteiger partial charge in [0, 0.05) is 16.3 Å². The first-order chi connectivity index (χ1) is 13.0. The Morgan fingerprint density at radius 2 is 1.59 bits per heavy atom. The first kappa shape index (κ1) is 17.3. The van der Waals surface area contributed by atoms with Crippen LogP contribution in [0.25, 0.3) is 21.9 Å². The Balaban J connectivity index is 1.60. The van der Waals surface area contributed by atoms with Gasteiger partial charge in [0.25, 0.3) is 15.9 Å². The summed E-state index contributed by atoms with van der Waals surface area (Å²) in [6, 6.07) is 19.0. The van der Waals surface area contributed by atoms with Crippen molar-refractivity contribution >= 4 is 37.9 Å². The molecule has 136 valence electrons. The fourth-order valence-electron chi connectivity index (χ4n) is 2.97. The van der Waals surface area contributed by atoms with Crippen LogP contribution in [0.15, 0.2) is 76.0 Å². The van der Waals surface area contributed by atoms with E-state index in [1.54, 1.807) is 43.3 Å². The first-order valence-electron chi connectivity index (χ1n) is 8.25. The molecule has 0 radical (unpaired) electrons. The summed E-state index contributed by atoms with van der Waals surface area (Å²) in [4.78, 5) is 14.7. The number of carbonyl (C=O) groups excluding carboxylic acids is 1. The van der Waals surface area contributed by atoms with Crippen molar-refractivity contribution in [2.24, 2.45) is 0 Å². The number of rotatable bonds is 4. The summed E-state index contributed by atoms with van der Waals surface area (Å²) >= 11 is 0. The Morgan fingerprint density at radius 1 is 0.889 bits per heavy atom. The maximum atomic E-state index is 12.4. The molecule has 1 amide bonds. The summed E-state index contributed by atoms with van der Waals surface area (Å²) in [5, 5.41) is 1.68. The van der Waals surface area contributed by atoms with Crippen LogP contribution in [0.2, 0.25) is 0 Å². The summed E-state index contributed by atoms with van der Waals surface area (Å²) in [5.74, 6) is -0.556. The Bertz CT molecular complexity index is 1280. The second-order valence-electron chi connectivity index (χ2n) is 6.13. The van der Waals surface area contributed by atoms with E-state index in [0.29, 0.717) is 16.7 Å². The van der Waals surface area contributed by atoms with Gasteiger partial charge >= 0.3 is 0 Å². The fourth-order valence-corrected chi connectivity index (χ4v) is 4.05. The minimum absolute atomic E-state index is 0.113. The highest BCUT2D eigenvalue weighted by atomic mass is 32.2. The number of nitrogens with one attached hydrogen (secondary N) is 2. The van der Waals surface area contributed by atoms with Crippen molar-refractivity contribution in [1.82, 2.24) is 10.3 Å². The molecule has 3 aromatic carbocycles. The van der Waals surface area contributed by atoms with Crippen molar-refractivity contribution in [3.05, 3.63) is 77.9 Å². The van der Waals surface area contributed by atoms with Crippen molar-refractivity contribution in [2.45, 2.75) is 11.8 Å². The van der Waals surface area contributed by atoms with Crippen molar-refractivity contribution < 1.29 is 17.6 Å². The van der Waals surface area contributed by atoms with E-state index in [1.165, 1.54) is 6.07 Å². The van der Waals surface area contributed by atoms with Gasteiger partial charge in [-0.1, -0.05) is 36.4 Å². The van der Waals surface area contributed by atoms with Crippen LogP contribution in [0.3, 0.4) is 0 Å². The van der Waals surface area contributed by atoms with Crippen LogP contribution in [0, 0.1) is 6.92 Å². The third-order valence-electron chi connectivity index (χ3n) is 4.32. The highest BCUT2D eigenvalue weighted by Gasteiger charge is 2.18. The quantitative estimate of drug-likeness (QED) is 0.530. The van der Waals surface area contributed by atoms with Gasteiger partial charge in [0.15, 0.2) is 0 Å². The van der Waals surface area contributed by atoms with E-state index < -0.39 is 15.9 Å². The van der Waals surface area contributed by atoms with E-state index in [9.17, 15) is 13.2 Å². The number of amides is 1. The van der Waals surface area contributed by atoms with Crippen LogP contribution < -0.4 is 10.3 Å². The average molecular weight is 380 g/mol. The largest absolute Gasteiger partial charge is 0.456 e. The zero-order valence-electron chi connectivity index (χ0n) is 14.4. The summed E-state index contributed by atoms with van der Waals surface area (Å²) < 4.78 is 30.5. The Morgan fingerprint density at radius 3 is 2.41 bits per heavy atom. The predicted molar refractivity (Wildman–Crippen MR) is 103 cm³/mol. The van der Waals surface area contributed by atoms with Crippen LogP contribution in [0.4, 0.5) is 0 Å². The molecule has 0 saturated carbocycles. The van der Waals surface area contributed by atoms with Gasteiger partial charge in [-0.25, -0.2) is 8.42 Å². The minimum Gasteiger partial charge on any atom is -0.456 e. The number of sulfonamides is 1. The molecule has 0 saturated heterocycles. The zero-order chi connectivity index (χ0) is 19.0. The monoisotopic (exact) mass is 380 g/mol. The normalized spacial score (nSPS) is 11.7. The van der Waals surface area contributed by atoms with Gasteiger partial charge < -0.3 is 4.42 Å². The molecule has 0 aliphatic heterocycles. The zero-order valence-corrected chi connectivity index (χ0v) is 15.2. The third-order valence-corrected chi connectivity index (χ3v) is 5.73. The molecule has 4 aromatic rings. The Hall–Kier alpha value is -3.16. The van der Waals surface area contributed by atoms with Crippen LogP contribution in [0.5, 0.6) is 0 Å². The molecule has 0 aliphatic carbocycles. The number of aryl methyl sites for hydroxylation is 1. The van der Waals surface area contributed by atoms with Gasteiger partial charge in [-0.05, 0) is 42.8 Å². The lowest BCUT2D eigenvalue weighted by Crippen LogP contribution is -2.41. The number of hydrogen-bond donors (Lipinski definition) is 2. The van der Waals surface area contributed by atoms with Crippen LogP contribution in [-0.2, 0) is 10.0 Å². The second-order valence-corrected chi connectivity index (χ2v) is 7.79. The van der Waals surface area contributed by atoms with Gasteiger partial charge in [0.05, 0.1) is 4.90 Å². The standard InChI is InChI=1S/C20H16N2O4S/c1-13-6-2-5-9-19(13)27(24,25)22-21-20(23)14-10-11-18-16(12-14)15-7-3-4-8-17(15)26-18/h2-12,22H,1H3,(H,21,23). The molecule has 0 spiro atoms. The van der Waals surface area contributed by atoms with Gasteiger partial charge in [-0.2, -0.15) is 0 Å². The summed E-state index contributed by atoms with van der Waals surface area (Å²) in [7, 11) is -3.86. The molecule has 2 N–H and O–H groups in total. The molecule has 6 nitrogen and oxygen atoms in total. The molecule has 7 heteroatoms. The fraction of sp³-hybridized carbons (Fsp3) is 0.0500. The smallest absolute Gasteiger partial charge is 0.266 e. The number of furan rings is 1. The average Bonchev–Trinajstić information content (AvgIpc) is 3.04. The number of para-hydroxylation sites is 1. The van der Waals surface area contributed by atoms with Gasteiger partial charge in [0.1, 0.15) is 11.2 Å². The van der Waals surface area contributed by atoms with Crippen molar-refractivity contribution in [2.75, 3.05) is 0 Å². The van der Waals surface area contributed by atoms with E-state index in [1.807, 2.05) is 24.3 Å². The molecule has 0 fully saturated rings. The molecule has 0 bridgehead atoms. The number of hydrazine groups is 1. The molecule has 0 aliphatic rings. The lowest BCUT2D eigenvalue weighted by Gasteiger charge is -2.10. The number of benzene rings is 3. The molecule has 1 aromatic heterocycles. The molecule has 1 heterocycles. The van der Waals surface area contributed by atoms with Crippen molar-refractivity contribution in [1.29, 1.82) is 0 Å². The van der Waals surface area contributed by atoms with Gasteiger partial charge in [-0.15, -0.1) is 4.83 Å². The second kappa shape index (κ2) is 6.53. The highest BCUT2D eigenvalue weighted by Crippen LogP contribution is 2.29. The molecule has 4 rings (SSSR count). The predicted octanol–water partition coefficient (Wildman–Crippen LogP) is 3.52. The van der Waals surface area contributed by atoms with Crippen molar-refractivity contribution in [3.63, 3.8) is 0 Å². The SMILES string of the molecule is Cc1ccccc1S(=O)(=O)NNC(=O)c1ccc2oc3ccccc3c2c1. The minimum atomic E-state index is -3.86. The first-order valence-corrected chi connectivity index (χ1v) is 9.73. The molecule has 27 heavy (non-hydrogen) atoms. The van der Waals surface area contributed by atoms with E-state index in [2.05, 4.69) is 10.3 Å². The summed E-state index contributed by atoms with van der Waals surface area (Å²) in [6.07, 6.45) is 0. The maximum absolute atomic E-state index is 12.4.